The Morgan fingerprint density at radius 1 is 1.38 bits per heavy atom. The number of ether oxygens (including phenoxy) is 1. The van der Waals surface area contributed by atoms with Gasteiger partial charge in [0.25, 0.3) is 0 Å². The maximum Gasteiger partial charge on any atom is 0.151 e. The summed E-state index contributed by atoms with van der Waals surface area (Å²) in [5.74, 6) is 1.19. The van der Waals surface area contributed by atoms with Crippen LogP contribution in [-0.4, -0.2) is 11.9 Å². The Morgan fingerprint density at radius 2 is 2.00 bits per heavy atom. The minimum atomic E-state index is -0.220. The Kier molecular flexibility index (Phi) is 4.14. The highest BCUT2D eigenvalue weighted by Gasteiger charge is 2.24. The number of benzene rings is 1. The van der Waals surface area contributed by atoms with Crippen LogP contribution in [0.2, 0.25) is 0 Å². The summed E-state index contributed by atoms with van der Waals surface area (Å²) in [7, 11) is 0. The molecule has 3 heteroatoms. The Morgan fingerprint density at radius 3 is 2.44 bits per heavy atom. The lowest BCUT2D eigenvalue weighted by molar-refractivity contribution is 0.0599. The minimum absolute atomic E-state index is 0.220. The van der Waals surface area contributed by atoms with Crippen LogP contribution in [0.4, 0.5) is 0 Å². The molecule has 0 amide bonds. The van der Waals surface area contributed by atoms with Gasteiger partial charge in [-0.1, -0.05) is 13.8 Å². The molecule has 0 radical (unpaired) electrons. The van der Waals surface area contributed by atoms with Crippen molar-refractivity contribution in [1.82, 2.24) is 0 Å². The predicted molar refractivity (Wildman–Crippen MR) is 69.1 cm³/mol. The standard InChI is InChI=1S/C13H17BrO2/c1-9(2)13(3,4)16-11-6-5-10(8-15)12(14)7-11/h5-9H,1-4H3. The van der Waals surface area contributed by atoms with E-state index in [1.807, 2.05) is 12.1 Å². The van der Waals surface area contributed by atoms with Gasteiger partial charge in [0, 0.05) is 10.0 Å². The fourth-order valence-corrected chi connectivity index (χ4v) is 1.54. The highest BCUT2D eigenvalue weighted by atomic mass is 79.9. The van der Waals surface area contributed by atoms with Gasteiger partial charge in [-0.2, -0.15) is 0 Å². The summed E-state index contributed by atoms with van der Waals surface area (Å²) in [5.41, 5.74) is 0.414. The molecule has 0 saturated carbocycles. The summed E-state index contributed by atoms with van der Waals surface area (Å²) >= 11 is 3.34. The fourth-order valence-electron chi connectivity index (χ4n) is 1.09. The van der Waals surface area contributed by atoms with Crippen molar-refractivity contribution in [3.63, 3.8) is 0 Å². The van der Waals surface area contributed by atoms with Crippen LogP contribution in [0.25, 0.3) is 0 Å². The van der Waals surface area contributed by atoms with Crippen LogP contribution in [0.1, 0.15) is 38.1 Å². The van der Waals surface area contributed by atoms with E-state index in [4.69, 9.17) is 4.74 Å². The molecule has 0 saturated heterocycles. The van der Waals surface area contributed by atoms with Gasteiger partial charge in [0.1, 0.15) is 11.4 Å². The van der Waals surface area contributed by atoms with Crippen LogP contribution in [0.15, 0.2) is 22.7 Å². The highest BCUT2D eigenvalue weighted by Crippen LogP contribution is 2.28. The van der Waals surface area contributed by atoms with E-state index in [-0.39, 0.29) is 5.60 Å². The SMILES string of the molecule is CC(C)C(C)(C)Oc1ccc(C=O)c(Br)c1. The van der Waals surface area contributed by atoms with Gasteiger partial charge in [0.05, 0.1) is 0 Å². The molecule has 0 atom stereocenters. The second-order valence-electron chi connectivity index (χ2n) is 4.66. The largest absolute Gasteiger partial charge is 0.488 e. The molecule has 0 unspecified atom stereocenters. The molecule has 0 aliphatic rings. The fraction of sp³-hybridized carbons (Fsp3) is 0.462. The Labute approximate surface area is 105 Å². The summed E-state index contributed by atoms with van der Waals surface area (Å²) in [6.45, 7) is 8.35. The number of rotatable bonds is 4. The zero-order valence-corrected chi connectivity index (χ0v) is 11.7. The molecule has 0 aromatic heterocycles. The molecule has 1 aromatic carbocycles. The molecule has 0 N–H and O–H groups in total. The van der Waals surface area contributed by atoms with Crippen LogP contribution in [0, 0.1) is 5.92 Å². The van der Waals surface area contributed by atoms with Crippen LogP contribution >= 0.6 is 15.9 Å². The average molecular weight is 285 g/mol. The molecule has 0 aliphatic heterocycles. The molecular weight excluding hydrogens is 268 g/mol. The summed E-state index contributed by atoms with van der Waals surface area (Å²) in [6, 6.07) is 5.40. The number of halogens is 1. The summed E-state index contributed by atoms with van der Waals surface area (Å²) < 4.78 is 6.66. The third-order valence-corrected chi connectivity index (χ3v) is 3.56. The van der Waals surface area contributed by atoms with Gasteiger partial charge in [-0.15, -0.1) is 0 Å². The van der Waals surface area contributed by atoms with Crippen LogP contribution in [0.5, 0.6) is 5.75 Å². The molecule has 0 spiro atoms. The summed E-state index contributed by atoms with van der Waals surface area (Å²) in [6.07, 6.45) is 0.821. The molecule has 0 heterocycles. The van der Waals surface area contributed by atoms with Crippen molar-refractivity contribution in [1.29, 1.82) is 0 Å². The number of aldehydes is 1. The molecule has 0 aliphatic carbocycles. The van der Waals surface area contributed by atoms with Gasteiger partial charge in [-0.25, -0.2) is 0 Å². The third kappa shape index (κ3) is 3.08. The van der Waals surface area contributed by atoms with Crippen molar-refractivity contribution in [3.8, 4) is 5.75 Å². The second-order valence-corrected chi connectivity index (χ2v) is 5.52. The van der Waals surface area contributed by atoms with Crippen LogP contribution < -0.4 is 4.74 Å². The average Bonchev–Trinajstić information content (AvgIpc) is 2.17. The molecule has 0 fully saturated rings. The monoisotopic (exact) mass is 284 g/mol. The maximum atomic E-state index is 10.7. The lowest BCUT2D eigenvalue weighted by atomic mass is 9.94. The number of carbonyl (C=O) groups excluding carboxylic acids is 1. The lowest BCUT2D eigenvalue weighted by Gasteiger charge is -2.30. The summed E-state index contributed by atoms with van der Waals surface area (Å²) in [4.78, 5) is 10.7. The lowest BCUT2D eigenvalue weighted by Crippen LogP contribution is -2.34. The first-order valence-corrected chi connectivity index (χ1v) is 6.10. The van der Waals surface area contributed by atoms with Gasteiger partial charge in [0.15, 0.2) is 6.29 Å². The van der Waals surface area contributed by atoms with Crippen molar-refractivity contribution in [2.45, 2.75) is 33.3 Å². The molecular formula is C13H17BrO2. The van der Waals surface area contributed by atoms with Crippen molar-refractivity contribution in [3.05, 3.63) is 28.2 Å². The predicted octanol–water partition coefficient (Wildman–Crippen LogP) is 4.08. The highest BCUT2D eigenvalue weighted by molar-refractivity contribution is 9.10. The summed E-state index contributed by atoms with van der Waals surface area (Å²) in [5, 5.41) is 0. The smallest absolute Gasteiger partial charge is 0.151 e. The van der Waals surface area contributed by atoms with Crippen LogP contribution in [-0.2, 0) is 0 Å². The topological polar surface area (TPSA) is 26.3 Å². The zero-order valence-electron chi connectivity index (χ0n) is 10.1. The Bertz CT molecular complexity index is 384. The van der Waals surface area contributed by atoms with E-state index in [9.17, 15) is 4.79 Å². The zero-order chi connectivity index (χ0) is 12.3. The maximum absolute atomic E-state index is 10.7. The van der Waals surface area contributed by atoms with E-state index in [0.29, 0.717) is 11.5 Å². The molecule has 1 aromatic rings. The van der Waals surface area contributed by atoms with Gasteiger partial charge in [-0.05, 0) is 53.9 Å². The molecule has 1 rings (SSSR count). The first-order chi connectivity index (χ1) is 7.36. The number of carbonyl (C=O) groups is 1. The van der Waals surface area contributed by atoms with Gasteiger partial charge in [-0.3, -0.25) is 4.79 Å². The van der Waals surface area contributed by atoms with E-state index < -0.39 is 0 Å². The quantitative estimate of drug-likeness (QED) is 0.779. The van der Waals surface area contributed by atoms with Gasteiger partial charge in [0.2, 0.25) is 0 Å². The molecule has 88 valence electrons. The van der Waals surface area contributed by atoms with Crippen molar-refractivity contribution in [2.24, 2.45) is 5.92 Å². The molecule has 16 heavy (non-hydrogen) atoms. The number of hydrogen-bond donors (Lipinski definition) is 0. The Balaban J connectivity index is 2.91. The Hall–Kier alpha value is -0.830. The first kappa shape index (κ1) is 13.2. The van der Waals surface area contributed by atoms with E-state index in [0.717, 1.165) is 16.5 Å². The molecule has 2 nitrogen and oxygen atoms in total. The van der Waals surface area contributed by atoms with Crippen molar-refractivity contribution < 1.29 is 9.53 Å². The second kappa shape index (κ2) is 5.00. The van der Waals surface area contributed by atoms with Crippen LogP contribution in [0.3, 0.4) is 0 Å². The van der Waals surface area contributed by atoms with E-state index in [2.05, 4.69) is 43.6 Å². The third-order valence-electron chi connectivity index (χ3n) is 2.87. The van der Waals surface area contributed by atoms with E-state index >= 15 is 0 Å². The van der Waals surface area contributed by atoms with E-state index in [1.54, 1.807) is 6.07 Å². The van der Waals surface area contributed by atoms with E-state index in [1.165, 1.54) is 0 Å². The number of hydrogen-bond acceptors (Lipinski definition) is 2. The normalized spacial score (nSPS) is 11.6. The minimum Gasteiger partial charge on any atom is -0.488 e. The molecule has 0 bridgehead atoms. The van der Waals surface area contributed by atoms with Gasteiger partial charge >= 0.3 is 0 Å². The first-order valence-electron chi connectivity index (χ1n) is 5.30. The van der Waals surface area contributed by atoms with Crippen molar-refractivity contribution >= 4 is 22.2 Å². The van der Waals surface area contributed by atoms with Crippen molar-refractivity contribution in [2.75, 3.05) is 0 Å². The van der Waals surface area contributed by atoms with Gasteiger partial charge < -0.3 is 4.74 Å².